The number of carbonyl (C=O) groups excluding carboxylic acids is 1. The number of nitrogens with zero attached hydrogens (tertiary/aromatic N) is 1. The summed E-state index contributed by atoms with van der Waals surface area (Å²) in [5.41, 5.74) is -0.818. The zero-order valence-electron chi connectivity index (χ0n) is 17.1. The fourth-order valence-corrected chi connectivity index (χ4v) is 5.63. The highest BCUT2D eigenvalue weighted by Gasteiger charge is 2.57. The number of aliphatic hydroxyl groups is 1. The number of aliphatic hydroxyl groups excluding tert-OH is 1. The molecule has 1 heterocycles. The Labute approximate surface area is 153 Å². The minimum absolute atomic E-state index is 0.223. The van der Waals surface area contributed by atoms with Crippen LogP contribution in [0.25, 0.3) is 0 Å². The van der Waals surface area contributed by atoms with E-state index in [1.807, 2.05) is 13.8 Å². The van der Waals surface area contributed by atoms with Gasteiger partial charge in [0.1, 0.15) is 6.10 Å². The van der Waals surface area contributed by atoms with Crippen LogP contribution < -0.4 is 0 Å². The lowest BCUT2D eigenvalue weighted by molar-refractivity contribution is -0.249. The summed E-state index contributed by atoms with van der Waals surface area (Å²) >= 11 is 0. The van der Waals surface area contributed by atoms with Crippen LogP contribution in [0.15, 0.2) is 0 Å². The smallest absolute Gasteiger partial charge is 0.275 e. The van der Waals surface area contributed by atoms with Crippen LogP contribution in [-0.2, 0) is 4.79 Å². The molecule has 2 aliphatic rings. The first kappa shape index (κ1) is 20.7. The van der Waals surface area contributed by atoms with Crippen molar-refractivity contribution in [3.05, 3.63) is 0 Å². The van der Waals surface area contributed by atoms with Gasteiger partial charge in [0.2, 0.25) is 0 Å². The highest BCUT2D eigenvalue weighted by Crippen LogP contribution is 2.51. The quantitative estimate of drug-likeness (QED) is 0.715. The molecule has 2 rings (SSSR count). The fourth-order valence-electron chi connectivity index (χ4n) is 5.63. The monoisotopic (exact) mass is 353 g/mol. The third-order valence-electron chi connectivity index (χ3n) is 6.39. The summed E-state index contributed by atoms with van der Waals surface area (Å²) < 4.78 is 0. The van der Waals surface area contributed by atoms with Crippen molar-refractivity contribution >= 4 is 5.91 Å². The van der Waals surface area contributed by atoms with Gasteiger partial charge in [-0.2, -0.15) is 0 Å². The maximum Gasteiger partial charge on any atom is 0.275 e. The van der Waals surface area contributed by atoms with Crippen molar-refractivity contribution in [2.24, 2.45) is 22.7 Å². The predicted molar refractivity (Wildman–Crippen MR) is 100 cm³/mol. The van der Waals surface area contributed by atoms with Gasteiger partial charge in [0.05, 0.1) is 5.54 Å². The van der Waals surface area contributed by atoms with Crippen LogP contribution >= 0.6 is 0 Å². The molecule has 1 saturated heterocycles. The van der Waals surface area contributed by atoms with Crippen LogP contribution in [-0.4, -0.2) is 32.9 Å². The first-order chi connectivity index (χ1) is 11.4. The van der Waals surface area contributed by atoms with Gasteiger partial charge in [-0.3, -0.25) is 10.0 Å². The minimum atomic E-state index is -1.12. The van der Waals surface area contributed by atoms with Gasteiger partial charge < -0.3 is 5.11 Å². The summed E-state index contributed by atoms with van der Waals surface area (Å²) in [4.78, 5) is 12.7. The second kappa shape index (κ2) is 7.19. The summed E-state index contributed by atoms with van der Waals surface area (Å²) in [6, 6.07) is 0. The van der Waals surface area contributed by atoms with E-state index in [2.05, 4.69) is 27.7 Å². The van der Waals surface area contributed by atoms with Crippen molar-refractivity contribution in [1.29, 1.82) is 0 Å². The number of hydrogen-bond acceptors (Lipinski definition) is 3. The van der Waals surface area contributed by atoms with Crippen LogP contribution in [0.4, 0.5) is 0 Å². The molecule has 2 N–H and O–H groups in total. The Morgan fingerprint density at radius 3 is 2.28 bits per heavy atom. The summed E-state index contributed by atoms with van der Waals surface area (Å²) in [6.45, 7) is 12.9. The second-order valence-electron chi connectivity index (χ2n) is 10.7. The molecular formula is C21H39NO3. The van der Waals surface area contributed by atoms with E-state index in [0.717, 1.165) is 30.7 Å². The molecule has 0 bridgehead atoms. The minimum Gasteiger partial charge on any atom is -0.383 e. The molecule has 1 aliphatic carbocycles. The van der Waals surface area contributed by atoms with E-state index >= 15 is 0 Å². The van der Waals surface area contributed by atoms with Crippen LogP contribution in [0.1, 0.15) is 92.9 Å². The van der Waals surface area contributed by atoms with Crippen molar-refractivity contribution in [3.63, 3.8) is 0 Å². The first-order valence-electron chi connectivity index (χ1n) is 10.1. The Bertz CT molecular complexity index is 476. The highest BCUT2D eigenvalue weighted by molar-refractivity contribution is 5.82. The van der Waals surface area contributed by atoms with Gasteiger partial charge in [-0.1, -0.05) is 60.8 Å². The fraction of sp³-hybridized carbons (Fsp3) is 0.952. The third kappa shape index (κ3) is 4.39. The normalized spacial score (nSPS) is 32.7. The molecule has 0 aromatic heterocycles. The standard InChI is InChI=1S/C21H39NO3/c1-15(12-19(2,3)4)13-21(16-10-8-7-9-11-16)14-20(5,6)17(23)18(24)22(21)25/h15-17,23,25H,7-14H2,1-6H3. The van der Waals surface area contributed by atoms with E-state index in [1.165, 1.54) is 19.3 Å². The summed E-state index contributed by atoms with van der Waals surface area (Å²) in [5, 5.41) is 22.3. The lowest BCUT2D eigenvalue weighted by Gasteiger charge is -2.56. The Morgan fingerprint density at radius 1 is 1.20 bits per heavy atom. The molecule has 3 atom stereocenters. The zero-order valence-corrected chi connectivity index (χ0v) is 17.1. The van der Waals surface area contributed by atoms with Crippen LogP contribution in [0.3, 0.4) is 0 Å². The summed E-state index contributed by atoms with van der Waals surface area (Å²) in [5.74, 6) is 0.226. The number of carbonyl (C=O) groups is 1. The molecule has 2 fully saturated rings. The Balaban J connectivity index is 2.36. The van der Waals surface area contributed by atoms with Gasteiger partial charge in [0.25, 0.3) is 5.91 Å². The molecular weight excluding hydrogens is 314 g/mol. The summed E-state index contributed by atoms with van der Waals surface area (Å²) in [7, 11) is 0. The molecule has 0 spiro atoms. The molecule has 146 valence electrons. The van der Waals surface area contributed by atoms with Crippen molar-refractivity contribution < 1.29 is 15.1 Å². The molecule has 4 nitrogen and oxygen atoms in total. The molecule has 1 amide bonds. The number of hydroxylamine groups is 2. The number of hydrogen-bond donors (Lipinski definition) is 2. The number of rotatable bonds is 4. The van der Waals surface area contributed by atoms with Gasteiger partial charge in [-0.25, -0.2) is 5.06 Å². The lowest BCUT2D eigenvalue weighted by Crippen LogP contribution is -2.66. The molecule has 25 heavy (non-hydrogen) atoms. The maximum atomic E-state index is 12.7. The van der Waals surface area contributed by atoms with Gasteiger partial charge in [0, 0.05) is 5.41 Å². The Hall–Kier alpha value is -0.610. The van der Waals surface area contributed by atoms with Crippen molar-refractivity contribution in [3.8, 4) is 0 Å². The second-order valence-corrected chi connectivity index (χ2v) is 10.7. The Morgan fingerprint density at radius 2 is 1.76 bits per heavy atom. The van der Waals surface area contributed by atoms with Crippen molar-refractivity contribution in [1.82, 2.24) is 5.06 Å². The molecule has 4 heteroatoms. The van der Waals surface area contributed by atoms with Crippen molar-refractivity contribution in [2.75, 3.05) is 0 Å². The first-order valence-corrected chi connectivity index (χ1v) is 10.1. The molecule has 0 aromatic rings. The highest BCUT2D eigenvalue weighted by atomic mass is 16.5. The van der Waals surface area contributed by atoms with Crippen LogP contribution in [0.5, 0.6) is 0 Å². The zero-order chi connectivity index (χ0) is 19.0. The summed E-state index contributed by atoms with van der Waals surface area (Å²) in [6.07, 6.45) is 7.15. The van der Waals surface area contributed by atoms with Crippen molar-refractivity contribution in [2.45, 2.75) is 105 Å². The van der Waals surface area contributed by atoms with Crippen LogP contribution in [0, 0.1) is 22.7 Å². The largest absolute Gasteiger partial charge is 0.383 e. The van der Waals surface area contributed by atoms with E-state index in [9.17, 15) is 15.1 Å². The topological polar surface area (TPSA) is 60.8 Å². The number of amides is 1. The van der Waals surface area contributed by atoms with E-state index in [1.54, 1.807) is 0 Å². The molecule has 0 radical (unpaired) electrons. The average Bonchev–Trinajstić information content (AvgIpc) is 2.49. The lowest BCUT2D eigenvalue weighted by atomic mass is 9.60. The predicted octanol–water partition coefficient (Wildman–Crippen LogP) is 4.78. The number of piperidine rings is 1. The molecule has 1 aliphatic heterocycles. The SMILES string of the molecule is CC(CC(C)(C)C)CC1(C2CCCCC2)CC(C)(C)C(O)C(=O)N1O. The maximum absolute atomic E-state index is 12.7. The van der Waals surface area contributed by atoms with Gasteiger partial charge in [-0.15, -0.1) is 0 Å². The Kier molecular flexibility index (Phi) is 5.95. The van der Waals surface area contributed by atoms with E-state index in [-0.39, 0.29) is 5.41 Å². The van der Waals surface area contributed by atoms with Gasteiger partial charge in [0.15, 0.2) is 0 Å². The van der Waals surface area contributed by atoms with E-state index < -0.39 is 23.0 Å². The molecule has 3 unspecified atom stereocenters. The van der Waals surface area contributed by atoms with Crippen LogP contribution in [0.2, 0.25) is 0 Å². The molecule has 0 aromatic carbocycles. The van der Waals surface area contributed by atoms with E-state index in [4.69, 9.17) is 0 Å². The third-order valence-corrected chi connectivity index (χ3v) is 6.39. The van der Waals surface area contributed by atoms with E-state index in [0.29, 0.717) is 18.3 Å². The molecule has 1 saturated carbocycles. The van der Waals surface area contributed by atoms with Gasteiger partial charge in [-0.05, 0) is 49.4 Å². The average molecular weight is 354 g/mol. The van der Waals surface area contributed by atoms with Gasteiger partial charge >= 0.3 is 0 Å².